The zero-order valence-electron chi connectivity index (χ0n) is 18.8. The van der Waals surface area contributed by atoms with Crippen molar-refractivity contribution in [3.05, 3.63) is 18.7 Å². The zero-order chi connectivity index (χ0) is 19.5. The largest absolute Gasteiger partial charge is 0.243 e. The van der Waals surface area contributed by atoms with Crippen LogP contribution in [0.2, 0.25) is 35.9 Å². The van der Waals surface area contributed by atoms with Gasteiger partial charge in [0.25, 0.3) is 0 Å². The number of hydrogen-bond donors (Lipinski definition) is 0. The first-order chi connectivity index (χ1) is 14.4. The van der Waals surface area contributed by atoms with Gasteiger partial charge >= 0.3 is 0 Å². The van der Waals surface area contributed by atoms with E-state index < -0.39 is 0 Å². The molecule has 4 aliphatic rings. The third-order valence-electron chi connectivity index (χ3n) is 9.68. The molecule has 1 aromatic heterocycles. The fraction of sp³-hybridized carbons (Fsp3) is 0.880. The highest BCUT2D eigenvalue weighted by Gasteiger charge is 2.39. The van der Waals surface area contributed by atoms with Crippen LogP contribution in [0.4, 0.5) is 0 Å². The van der Waals surface area contributed by atoms with Gasteiger partial charge in [0, 0.05) is 0 Å². The second-order valence-corrected chi connectivity index (χ2v) is 11.3. The monoisotopic (exact) mass is 393 g/mol. The van der Waals surface area contributed by atoms with Crippen LogP contribution in [0, 0.1) is 0 Å². The molecule has 0 spiro atoms. The van der Waals surface area contributed by atoms with Crippen molar-refractivity contribution in [3.8, 4) is 0 Å². The van der Waals surface area contributed by atoms with E-state index in [-0.39, 0.29) is 0 Å². The molecule has 4 heteroatoms. The fourth-order valence-electron chi connectivity index (χ4n) is 8.29. The van der Waals surface area contributed by atoms with Gasteiger partial charge in [0.15, 0.2) is 0 Å². The molecule has 0 N–H and O–H groups in total. The van der Waals surface area contributed by atoms with Gasteiger partial charge < -0.3 is 0 Å². The van der Waals surface area contributed by atoms with Crippen molar-refractivity contribution in [1.82, 2.24) is 4.57 Å². The summed E-state index contributed by atoms with van der Waals surface area (Å²) in [5.41, 5.74) is 0. The maximum Gasteiger partial charge on any atom is 0.243 e. The van der Waals surface area contributed by atoms with Gasteiger partial charge in [-0.25, -0.2) is 9.13 Å². The maximum absolute atomic E-state index is 2.47. The highest BCUT2D eigenvalue weighted by atomic mass is 15.1. The van der Waals surface area contributed by atoms with E-state index >= 15 is 0 Å². The summed E-state index contributed by atoms with van der Waals surface area (Å²) in [5.74, 6) is 4.32. The van der Waals surface area contributed by atoms with Gasteiger partial charge in [0.1, 0.15) is 25.8 Å². The number of nitrogens with zero attached hydrogens (tertiary/aromatic N) is 2. The maximum atomic E-state index is 2.47. The number of imidazole rings is 1. The molecule has 29 heavy (non-hydrogen) atoms. The summed E-state index contributed by atoms with van der Waals surface area (Å²) >= 11 is 0. The summed E-state index contributed by atoms with van der Waals surface area (Å²) in [5, 5.41) is 0. The first-order valence-electron chi connectivity index (χ1n) is 13.4. The van der Waals surface area contributed by atoms with Crippen LogP contribution in [0.1, 0.15) is 89.9 Å². The lowest BCUT2D eigenvalue weighted by molar-refractivity contribution is -0.696. The van der Waals surface area contributed by atoms with E-state index in [4.69, 9.17) is 0 Å². The molecule has 0 saturated carbocycles. The minimum absolute atomic E-state index is 1.06. The molecular weight excluding hydrogens is 350 g/mol. The Bertz CT molecular complexity index is 548. The predicted molar refractivity (Wildman–Crippen MR) is 125 cm³/mol. The Labute approximate surface area is 180 Å². The molecule has 0 atom stereocenters. The second kappa shape index (κ2) is 9.65. The smallest absolute Gasteiger partial charge is 0.237 e. The van der Waals surface area contributed by atoms with E-state index in [2.05, 4.69) is 27.9 Å². The molecule has 2 nitrogen and oxygen atoms in total. The number of aromatic nitrogens is 2. The molecule has 0 aliphatic carbocycles. The van der Waals surface area contributed by atoms with Crippen LogP contribution in [0.25, 0.3) is 0 Å². The van der Waals surface area contributed by atoms with Crippen molar-refractivity contribution in [2.45, 2.75) is 139 Å². The number of fused-ring (bicyclic) bond motifs is 4. The van der Waals surface area contributed by atoms with Crippen LogP contribution in [0.3, 0.4) is 0 Å². The quantitative estimate of drug-likeness (QED) is 0.341. The van der Waals surface area contributed by atoms with Gasteiger partial charge in [-0.3, -0.25) is 0 Å². The van der Waals surface area contributed by atoms with Gasteiger partial charge in [0.05, 0.1) is 13.1 Å². The predicted octanol–water partition coefficient (Wildman–Crippen LogP) is 6.76. The van der Waals surface area contributed by atoms with E-state index in [0.717, 1.165) is 36.7 Å². The fourth-order valence-corrected chi connectivity index (χ4v) is 8.29. The summed E-state index contributed by atoms with van der Waals surface area (Å²) in [7, 11) is 0. The first kappa shape index (κ1) is 20.3. The molecule has 4 aliphatic heterocycles. The highest BCUT2D eigenvalue weighted by Crippen LogP contribution is 2.49. The average molecular weight is 393 g/mol. The van der Waals surface area contributed by atoms with E-state index in [1.54, 1.807) is 0 Å². The molecule has 0 unspecified atom stereocenters. The van der Waals surface area contributed by atoms with Gasteiger partial charge in [-0.15, -0.1) is 0 Å². The third kappa shape index (κ3) is 4.82. The molecule has 158 valence electrons. The lowest BCUT2D eigenvalue weighted by atomic mass is 9.26. The summed E-state index contributed by atoms with van der Waals surface area (Å²) in [6.45, 7) is 4.59. The Kier molecular flexibility index (Phi) is 6.74. The number of hydrogen-bond acceptors (Lipinski definition) is 0. The molecular formula is C25H43B2N2+. The molecule has 4 fully saturated rings. The molecule has 4 bridgehead atoms. The van der Waals surface area contributed by atoms with Crippen molar-refractivity contribution in [3.63, 3.8) is 0 Å². The SMILES string of the molecule is c1c[n+](CCCB2C3CCCC2CCC3)cn1CCCB1C2CCCC1CCC2. The van der Waals surface area contributed by atoms with Crippen molar-refractivity contribution in [2.24, 2.45) is 0 Å². The molecule has 4 saturated heterocycles. The van der Waals surface area contributed by atoms with E-state index in [0.29, 0.717) is 0 Å². The highest BCUT2D eigenvalue weighted by molar-refractivity contribution is 6.63. The summed E-state index contributed by atoms with van der Waals surface area (Å²) in [6, 6.07) is 0. The van der Waals surface area contributed by atoms with E-state index in [1.165, 1.54) is 116 Å². The molecule has 0 amide bonds. The minimum Gasteiger partial charge on any atom is -0.237 e. The van der Waals surface area contributed by atoms with Crippen molar-refractivity contribution < 1.29 is 4.57 Å². The van der Waals surface area contributed by atoms with Crippen LogP contribution in [-0.2, 0) is 13.1 Å². The third-order valence-corrected chi connectivity index (χ3v) is 9.68. The summed E-state index contributed by atoms with van der Waals surface area (Å²) < 4.78 is 4.93. The molecule has 1 aromatic rings. The Morgan fingerprint density at radius 1 is 0.690 bits per heavy atom. The van der Waals surface area contributed by atoms with Gasteiger partial charge in [-0.1, -0.05) is 113 Å². The van der Waals surface area contributed by atoms with E-state index in [1.807, 2.05) is 0 Å². The first-order valence-corrected chi connectivity index (χ1v) is 13.4. The minimum atomic E-state index is 1.06. The van der Waals surface area contributed by atoms with Crippen molar-refractivity contribution >= 4 is 13.4 Å². The van der Waals surface area contributed by atoms with Crippen LogP contribution >= 0.6 is 0 Å². The average Bonchev–Trinajstić information content (AvgIpc) is 3.15. The van der Waals surface area contributed by atoms with Gasteiger partial charge in [-0.2, -0.15) is 0 Å². The van der Waals surface area contributed by atoms with Gasteiger partial charge in [-0.05, 0) is 12.8 Å². The topological polar surface area (TPSA) is 8.81 Å². The summed E-state index contributed by atoms with van der Waals surface area (Å²) in [4.78, 5) is 0. The van der Waals surface area contributed by atoms with Crippen molar-refractivity contribution in [1.29, 1.82) is 0 Å². The number of rotatable bonds is 8. The normalized spacial score (nSPS) is 31.9. The number of aryl methyl sites for hydroxylation is 2. The Morgan fingerprint density at radius 2 is 1.17 bits per heavy atom. The Hall–Kier alpha value is -0.660. The van der Waals surface area contributed by atoms with Crippen LogP contribution in [0.15, 0.2) is 18.7 Å². The van der Waals surface area contributed by atoms with Crippen LogP contribution in [-0.4, -0.2) is 18.0 Å². The Morgan fingerprint density at radius 3 is 1.69 bits per heavy atom. The van der Waals surface area contributed by atoms with E-state index in [9.17, 15) is 0 Å². The second-order valence-electron chi connectivity index (χ2n) is 11.3. The lowest BCUT2D eigenvalue weighted by Gasteiger charge is -2.40. The Balaban J connectivity index is 1.04. The molecule has 5 heterocycles. The van der Waals surface area contributed by atoms with Gasteiger partial charge in [0.2, 0.25) is 6.33 Å². The zero-order valence-corrected chi connectivity index (χ0v) is 18.8. The summed E-state index contributed by atoms with van der Waals surface area (Å²) in [6.07, 6.45) is 31.2. The standard InChI is InChI=1S/C25H43B2N2/c1-7-22-9-2-10-23(8-1)26(22)15-5-17-28-19-20-29(21-28)18-6-16-27-24-11-3-12-25(27)14-4-13-24/h19-25H,1-18H2/q+1. The molecule has 5 rings (SSSR count). The van der Waals surface area contributed by atoms with Crippen LogP contribution < -0.4 is 4.57 Å². The molecule has 0 aromatic carbocycles. The van der Waals surface area contributed by atoms with Crippen molar-refractivity contribution in [2.75, 3.05) is 0 Å². The lowest BCUT2D eigenvalue weighted by Crippen LogP contribution is -2.36. The van der Waals surface area contributed by atoms with Crippen LogP contribution in [0.5, 0.6) is 0 Å². The molecule has 0 radical (unpaired) electrons.